The molecular weight excluding hydrogens is 189 g/mol. The largest absolute Gasteiger partial charge is 0.282 e. The third-order valence-electron chi connectivity index (χ3n) is 1.35. The molecule has 13 heavy (non-hydrogen) atoms. The van der Waals surface area contributed by atoms with Crippen molar-refractivity contribution in [1.82, 2.24) is 0 Å². The van der Waals surface area contributed by atoms with E-state index in [4.69, 9.17) is 5.26 Å². The molecule has 0 atom stereocenters. The van der Waals surface area contributed by atoms with E-state index in [2.05, 4.69) is 0 Å². The van der Waals surface area contributed by atoms with Gasteiger partial charge in [-0.25, -0.2) is 4.39 Å². The zero-order valence-electron chi connectivity index (χ0n) is 6.66. The second-order valence-corrected chi connectivity index (χ2v) is 3.19. The molecule has 1 rings (SSSR count). The molecule has 0 fully saturated rings. The van der Waals surface area contributed by atoms with Crippen molar-refractivity contribution in [3.05, 3.63) is 35.6 Å². The molecule has 0 aromatic heterocycles. The Kier molecular flexibility index (Phi) is 3.47. The smallest absolute Gasteiger partial charge is 0.220 e. The molecule has 0 bridgehead atoms. The molecule has 0 amide bonds. The second kappa shape index (κ2) is 4.63. The molecule has 0 unspecified atom stereocenters. The van der Waals surface area contributed by atoms with Crippen molar-refractivity contribution in [3.8, 4) is 6.07 Å². The van der Waals surface area contributed by atoms with Gasteiger partial charge in [0.2, 0.25) is 5.12 Å². The number of benzene rings is 1. The minimum absolute atomic E-state index is 0.121. The Bertz CT molecular complexity index is 342. The van der Waals surface area contributed by atoms with Crippen molar-refractivity contribution < 1.29 is 9.18 Å². The van der Waals surface area contributed by atoms with Gasteiger partial charge in [0.1, 0.15) is 5.82 Å². The average molecular weight is 195 g/mol. The van der Waals surface area contributed by atoms with E-state index in [0.717, 1.165) is 11.8 Å². The first-order valence-electron chi connectivity index (χ1n) is 3.53. The summed E-state index contributed by atoms with van der Waals surface area (Å²) in [6, 6.07) is 7.10. The Hall–Kier alpha value is -1.34. The van der Waals surface area contributed by atoms with Gasteiger partial charge in [-0.05, 0) is 24.3 Å². The maximum Gasteiger partial charge on any atom is 0.220 e. The van der Waals surface area contributed by atoms with Crippen LogP contribution in [0.5, 0.6) is 0 Å². The minimum Gasteiger partial charge on any atom is -0.282 e. The molecule has 1 aromatic rings. The predicted molar refractivity (Wildman–Crippen MR) is 48.8 cm³/mol. The molecule has 0 spiro atoms. The lowest BCUT2D eigenvalue weighted by Crippen LogP contribution is -1.93. The molecule has 0 N–H and O–H groups in total. The second-order valence-electron chi connectivity index (χ2n) is 2.24. The van der Waals surface area contributed by atoms with Crippen molar-refractivity contribution in [2.75, 3.05) is 5.75 Å². The SMILES string of the molecule is N#CCSC(=O)c1ccc(F)cc1. The van der Waals surface area contributed by atoms with E-state index in [1.807, 2.05) is 6.07 Å². The first-order chi connectivity index (χ1) is 6.24. The van der Waals surface area contributed by atoms with Crippen LogP contribution >= 0.6 is 11.8 Å². The highest BCUT2D eigenvalue weighted by Crippen LogP contribution is 2.12. The predicted octanol–water partition coefficient (Wildman–Crippen LogP) is 2.22. The van der Waals surface area contributed by atoms with E-state index in [1.54, 1.807) is 0 Å². The van der Waals surface area contributed by atoms with E-state index < -0.39 is 0 Å². The van der Waals surface area contributed by atoms with Gasteiger partial charge in [0, 0.05) is 5.56 Å². The summed E-state index contributed by atoms with van der Waals surface area (Å²) in [5.74, 6) is -0.252. The van der Waals surface area contributed by atoms with Gasteiger partial charge in [-0.1, -0.05) is 11.8 Å². The summed E-state index contributed by atoms with van der Waals surface area (Å²) in [6.07, 6.45) is 0. The van der Waals surface area contributed by atoms with Gasteiger partial charge in [0.05, 0.1) is 11.8 Å². The van der Waals surface area contributed by atoms with Crippen molar-refractivity contribution in [1.29, 1.82) is 5.26 Å². The Morgan fingerprint density at radius 3 is 2.62 bits per heavy atom. The van der Waals surface area contributed by atoms with Crippen LogP contribution in [0.25, 0.3) is 0 Å². The number of hydrogen-bond donors (Lipinski definition) is 0. The van der Waals surface area contributed by atoms with Gasteiger partial charge in [0.25, 0.3) is 0 Å². The van der Waals surface area contributed by atoms with Crippen LogP contribution in [0.3, 0.4) is 0 Å². The number of nitrogens with zero attached hydrogens (tertiary/aromatic N) is 1. The Morgan fingerprint density at radius 1 is 1.46 bits per heavy atom. The van der Waals surface area contributed by atoms with Crippen molar-refractivity contribution in [2.24, 2.45) is 0 Å². The van der Waals surface area contributed by atoms with Crippen LogP contribution in [-0.2, 0) is 0 Å². The first kappa shape index (κ1) is 9.75. The molecule has 0 radical (unpaired) electrons. The third kappa shape index (κ3) is 2.88. The maximum atomic E-state index is 12.4. The van der Waals surface area contributed by atoms with Crippen molar-refractivity contribution in [2.45, 2.75) is 0 Å². The lowest BCUT2D eigenvalue weighted by Gasteiger charge is -1.96. The summed E-state index contributed by atoms with van der Waals surface area (Å²) in [5.41, 5.74) is 0.418. The number of rotatable bonds is 2. The van der Waals surface area contributed by atoms with E-state index in [9.17, 15) is 9.18 Å². The van der Waals surface area contributed by atoms with Gasteiger partial charge >= 0.3 is 0 Å². The van der Waals surface area contributed by atoms with Gasteiger partial charge in [0.15, 0.2) is 0 Å². The highest BCUT2D eigenvalue weighted by Gasteiger charge is 2.05. The fourth-order valence-electron chi connectivity index (χ4n) is 0.767. The number of carbonyl (C=O) groups is 1. The van der Waals surface area contributed by atoms with Crippen LogP contribution in [0.1, 0.15) is 10.4 Å². The number of nitriles is 1. The topological polar surface area (TPSA) is 40.9 Å². The third-order valence-corrected chi connectivity index (χ3v) is 2.12. The molecule has 1 aromatic carbocycles. The highest BCUT2D eigenvalue weighted by molar-refractivity contribution is 8.14. The number of carbonyl (C=O) groups excluding carboxylic acids is 1. The molecule has 0 saturated heterocycles. The van der Waals surface area contributed by atoms with Gasteiger partial charge < -0.3 is 0 Å². The normalized spacial score (nSPS) is 9.23. The van der Waals surface area contributed by atoms with E-state index in [0.29, 0.717) is 5.56 Å². The molecule has 66 valence electrons. The van der Waals surface area contributed by atoms with E-state index in [1.165, 1.54) is 24.3 Å². The molecule has 0 heterocycles. The van der Waals surface area contributed by atoms with Crippen molar-refractivity contribution >= 4 is 16.9 Å². The van der Waals surface area contributed by atoms with Crippen LogP contribution in [0.2, 0.25) is 0 Å². The maximum absolute atomic E-state index is 12.4. The van der Waals surface area contributed by atoms with Crippen LogP contribution in [0.15, 0.2) is 24.3 Å². The lowest BCUT2D eigenvalue weighted by molar-refractivity contribution is 0.108. The number of hydrogen-bond acceptors (Lipinski definition) is 3. The highest BCUT2D eigenvalue weighted by atomic mass is 32.2. The summed E-state index contributed by atoms with van der Waals surface area (Å²) in [5, 5.41) is 8.02. The summed E-state index contributed by atoms with van der Waals surface area (Å²) in [6.45, 7) is 0. The van der Waals surface area contributed by atoms with Gasteiger partial charge in [-0.2, -0.15) is 5.26 Å². The fraction of sp³-hybridized carbons (Fsp3) is 0.111. The van der Waals surface area contributed by atoms with Crippen LogP contribution in [0.4, 0.5) is 4.39 Å². The number of halogens is 1. The van der Waals surface area contributed by atoms with Gasteiger partial charge in [-0.15, -0.1) is 0 Å². The summed E-state index contributed by atoms with van der Waals surface area (Å²) in [4.78, 5) is 11.2. The zero-order chi connectivity index (χ0) is 9.68. The van der Waals surface area contributed by atoms with Crippen LogP contribution in [-0.4, -0.2) is 10.9 Å². The Morgan fingerprint density at radius 2 is 2.08 bits per heavy atom. The first-order valence-corrected chi connectivity index (χ1v) is 4.52. The number of thioether (sulfide) groups is 1. The Labute approximate surface area is 79.4 Å². The summed E-state index contributed by atoms with van der Waals surface area (Å²) < 4.78 is 12.4. The fourth-order valence-corrected chi connectivity index (χ4v) is 1.27. The van der Waals surface area contributed by atoms with Crippen molar-refractivity contribution in [3.63, 3.8) is 0 Å². The van der Waals surface area contributed by atoms with Gasteiger partial charge in [-0.3, -0.25) is 4.79 Å². The van der Waals surface area contributed by atoms with Crippen LogP contribution in [0, 0.1) is 17.1 Å². The summed E-state index contributed by atoms with van der Waals surface area (Å²) >= 11 is 0.913. The quantitative estimate of drug-likeness (QED) is 0.726. The molecular formula is C9H6FNOS. The molecule has 0 saturated carbocycles. The standard InChI is InChI=1S/C9H6FNOS/c10-8-3-1-7(2-4-8)9(12)13-6-5-11/h1-4H,6H2. The zero-order valence-corrected chi connectivity index (χ0v) is 7.47. The molecule has 4 heteroatoms. The molecule has 0 aliphatic heterocycles. The molecule has 2 nitrogen and oxygen atoms in total. The molecule has 0 aliphatic carbocycles. The van der Waals surface area contributed by atoms with E-state index >= 15 is 0 Å². The van der Waals surface area contributed by atoms with Crippen LogP contribution < -0.4 is 0 Å². The van der Waals surface area contributed by atoms with E-state index in [-0.39, 0.29) is 16.7 Å². The average Bonchev–Trinajstić information content (AvgIpc) is 2.15. The summed E-state index contributed by atoms with van der Waals surface area (Å²) in [7, 11) is 0. The lowest BCUT2D eigenvalue weighted by atomic mass is 10.2. The minimum atomic E-state index is -0.373. The Balaban J connectivity index is 2.68. The monoisotopic (exact) mass is 195 g/mol. The molecule has 0 aliphatic rings.